The van der Waals surface area contributed by atoms with Crippen molar-refractivity contribution in [3.05, 3.63) is 220 Å². The quantitative estimate of drug-likeness (QED) is 0.0337. The molecule has 0 bridgehead atoms. The summed E-state index contributed by atoms with van der Waals surface area (Å²) in [5.74, 6) is 10.3. The molecule has 8 aromatic carbocycles. The largest absolute Gasteiger partial charge is 0.619 e. The first-order valence-electron chi connectivity index (χ1n) is 35.2. The average molecular weight is 1480 g/mol. The van der Waals surface area contributed by atoms with Crippen LogP contribution in [-0.4, -0.2) is 127 Å². The molecule has 0 aliphatic heterocycles. The number of aromatic nitrogens is 4. The van der Waals surface area contributed by atoms with Crippen molar-refractivity contribution in [3.8, 4) is 98.1 Å². The molecule has 0 aliphatic rings. The first kappa shape index (κ1) is 80.5. The number of nitriles is 1. The maximum atomic E-state index is 12.1. The molecular formula is C86H94N6O17. The highest BCUT2D eigenvalue weighted by Gasteiger charge is 2.21. The second-order valence-electron chi connectivity index (χ2n) is 24.2. The van der Waals surface area contributed by atoms with E-state index in [0.29, 0.717) is 133 Å². The van der Waals surface area contributed by atoms with Gasteiger partial charge in [-0.3, -0.25) is 9.97 Å². The van der Waals surface area contributed by atoms with Crippen molar-refractivity contribution >= 4 is 43.1 Å². The van der Waals surface area contributed by atoms with Gasteiger partial charge in [0.1, 0.15) is 34.8 Å². The van der Waals surface area contributed by atoms with Crippen LogP contribution in [0.15, 0.2) is 159 Å². The van der Waals surface area contributed by atoms with E-state index < -0.39 is 0 Å². The van der Waals surface area contributed by atoms with Crippen LogP contribution in [0.25, 0.3) is 43.1 Å². The van der Waals surface area contributed by atoms with Crippen LogP contribution < -0.4 is 86.3 Å². The zero-order valence-corrected chi connectivity index (χ0v) is 64.6. The minimum Gasteiger partial charge on any atom is -0.619 e. The van der Waals surface area contributed by atoms with E-state index >= 15 is 0 Å². The van der Waals surface area contributed by atoms with Crippen molar-refractivity contribution in [3.63, 3.8) is 0 Å². The molecule has 23 heteroatoms. The number of pyridine rings is 4. The van der Waals surface area contributed by atoms with Gasteiger partial charge in [0.15, 0.2) is 58.4 Å². The number of rotatable bonds is 29. The highest BCUT2D eigenvalue weighted by atomic mass is 16.6. The van der Waals surface area contributed by atoms with Gasteiger partial charge in [-0.25, -0.2) is 4.98 Å². The summed E-state index contributed by atoms with van der Waals surface area (Å²) in [5.41, 5.74) is 15.3. The Balaban J connectivity index is 0.000000168. The van der Waals surface area contributed by atoms with E-state index in [1.165, 1.54) is 0 Å². The summed E-state index contributed by atoms with van der Waals surface area (Å²) in [7, 11) is 19.2. The summed E-state index contributed by atoms with van der Waals surface area (Å²) in [4.78, 5) is 13.3. The lowest BCUT2D eigenvalue weighted by molar-refractivity contribution is -0.604. The zero-order valence-electron chi connectivity index (χ0n) is 64.6. The first-order valence-corrected chi connectivity index (χ1v) is 35.2. The number of ether oxygens (including phenoxy) is 16. The maximum absolute atomic E-state index is 12.1. The lowest BCUT2D eigenvalue weighted by atomic mass is 9.98. The molecule has 23 nitrogen and oxygen atoms in total. The normalized spacial score (nSPS) is 10.6. The van der Waals surface area contributed by atoms with Crippen LogP contribution in [0.2, 0.25) is 0 Å². The summed E-state index contributed by atoms with van der Waals surface area (Å²) >= 11 is 0. The van der Waals surface area contributed by atoms with Crippen molar-refractivity contribution in [1.82, 2.24) is 15.0 Å². The van der Waals surface area contributed by atoms with E-state index in [4.69, 9.17) is 81.5 Å². The fraction of sp³-hybridized carbons (Fsp3) is 0.291. The molecule has 4 aromatic heterocycles. The monoisotopic (exact) mass is 1480 g/mol. The van der Waals surface area contributed by atoms with Crippen molar-refractivity contribution in [2.45, 2.75) is 59.9 Å². The van der Waals surface area contributed by atoms with Gasteiger partial charge in [0, 0.05) is 59.5 Å². The fourth-order valence-corrected chi connectivity index (χ4v) is 12.8. The summed E-state index contributed by atoms with van der Waals surface area (Å²) in [6.07, 6.45) is 13.0. The number of nitrogens with zero attached hydrogens (tertiary/aromatic N) is 5. The average Bonchev–Trinajstić information content (AvgIpc) is 0.792. The van der Waals surface area contributed by atoms with Crippen LogP contribution in [0, 0.1) is 16.5 Å². The van der Waals surface area contributed by atoms with Gasteiger partial charge in [-0.2, -0.15) is 9.99 Å². The van der Waals surface area contributed by atoms with Crippen LogP contribution >= 0.6 is 0 Å². The topological polar surface area (TPSA) is 263 Å². The molecule has 0 fully saturated rings. The SMILES string of the molecule is CCOc1ccc2c(Cc3cc(OC)c(OC)c(OC)c3)c[n+]([O-])cc2c1.CCOc1ccc2c(Cc3cc(OC)c(OC)c(OC)c3)cnc(C#N)c2c1.CCOc1ccc2c(Cc3cc(OC)c(OC)c(OC)c3)cnc(CN)c2c1.CCOc1ccc2c(Cc3cc(OC)c(OC)c(OC)c3)cncc2c1. The lowest BCUT2D eigenvalue weighted by Crippen LogP contribution is -2.25. The Labute approximate surface area is 635 Å². The molecule has 570 valence electrons. The van der Waals surface area contributed by atoms with Crippen LogP contribution in [0.5, 0.6) is 92.0 Å². The highest BCUT2D eigenvalue weighted by Crippen LogP contribution is 2.44. The second-order valence-corrected chi connectivity index (χ2v) is 24.2. The Morgan fingerprint density at radius 3 is 1.03 bits per heavy atom. The molecular weight excluding hydrogens is 1390 g/mol. The van der Waals surface area contributed by atoms with E-state index in [1.54, 1.807) is 104 Å². The standard InChI is InChI=1S/C22H26N2O4.C22H22N2O4.C21H23NO5.C21H23NO4/c2*1-5-28-16-6-7-17-15(13-24-19(12-23)18(17)11-16)8-14-9-20(25-2)22(27-4)21(10-14)26-3;1-5-27-17-6-7-18-15(12-22(23)13-16(18)11-17)8-14-9-19(24-2)21(26-4)20(10-14)25-3;1-5-26-17-6-7-18-15(12-22-13-16(18)11-17)8-14-9-19(23-2)21(25-4)20(10-14)24-3/h6-7,9-11,13H,5,8,12,23H2,1-4H3;6-7,9-11,13H,5,8H2,1-4H3;6-7,9-13H,5,8H2,1-4H3;6-7,9-13H,5,8H2,1-4H3. The Hall–Kier alpha value is -12.6. The molecule has 0 atom stereocenters. The third kappa shape index (κ3) is 19.4. The third-order valence-corrected chi connectivity index (χ3v) is 17.7. The van der Waals surface area contributed by atoms with Gasteiger partial charge in [0.05, 0.1) is 123 Å². The smallest absolute Gasteiger partial charge is 0.203 e. The Morgan fingerprint density at radius 1 is 0.349 bits per heavy atom. The summed E-state index contributed by atoms with van der Waals surface area (Å²) in [5, 5.41) is 29.4. The molecule has 0 saturated carbocycles. The molecule has 12 rings (SSSR count). The third-order valence-electron chi connectivity index (χ3n) is 17.7. The molecule has 109 heavy (non-hydrogen) atoms. The number of nitrogens with two attached hydrogens (primary N) is 1. The molecule has 0 saturated heterocycles. The molecule has 2 N–H and O–H groups in total. The van der Waals surface area contributed by atoms with Crippen LogP contribution in [-0.2, 0) is 32.2 Å². The number of benzene rings is 8. The van der Waals surface area contributed by atoms with E-state index in [0.717, 1.165) is 121 Å². The van der Waals surface area contributed by atoms with Crippen LogP contribution in [0.4, 0.5) is 0 Å². The summed E-state index contributed by atoms with van der Waals surface area (Å²) in [6, 6.07) is 41.3. The molecule has 4 heterocycles. The predicted molar refractivity (Wildman–Crippen MR) is 421 cm³/mol. The van der Waals surface area contributed by atoms with E-state index in [-0.39, 0.29) is 0 Å². The van der Waals surface area contributed by atoms with Gasteiger partial charge in [-0.1, -0.05) is 18.2 Å². The number of hydrogen-bond acceptors (Lipinski definition) is 22. The van der Waals surface area contributed by atoms with Gasteiger partial charge in [-0.05, 0) is 211 Å². The van der Waals surface area contributed by atoms with E-state index in [1.807, 2.05) is 155 Å². The molecule has 0 aliphatic carbocycles. The van der Waals surface area contributed by atoms with Gasteiger partial charge >= 0.3 is 0 Å². The number of hydrogen-bond donors (Lipinski definition) is 1. The van der Waals surface area contributed by atoms with Crippen LogP contribution in [0.3, 0.4) is 0 Å². The minimum atomic E-state index is 0.372. The van der Waals surface area contributed by atoms with E-state index in [9.17, 15) is 10.5 Å². The van der Waals surface area contributed by atoms with Gasteiger partial charge < -0.3 is 86.7 Å². The Morgan fingerprint density at radius 2 is 0.670 bits per heavy atom. The molecule has 12 aromatic rings. The first-order chi connectivity index (χ1) is 53.1. The molecule has 0 amide bonds. The number of methoxy groups -OCH3 is 12. The van der Waals surface area contributed by atoms with Crippen molar-refractivity contribution in [1.29, 1.82) is 5.26 Å². The van der Waals surface area contributed by atoms with Gasteiger partial charge in [0.25, 0.3) is 0 Å². The molecule has 0 unspecified atom stereocenters. The summed E-state index contributed by atoms with van der Waals surface area (Å²) in [6.45, 7) is 10.6. The van der Waals surface area contributed by atoms with Gasteiger partial charge in [-0.15, -0.1) is 0 Å². The Bertz CT molecular complexity index is 5040. The van der Waals surface area contributed by atoms with E-state index in [2.05, 4.69) is 33.2 Å². The maximum Gasteiger partial charge on any atom is 0.203 e. The fourth-order valence-electron chi connectivity index (χ4n) is 12.8. The predicted octanol–water partition coefficient (Wildman–Crippen LogP) is 15.6. The lowest BCUT2D eigenvalue weighted by Gasteiger charge is -2.15. The highest BCUT2D eigenvalue weighted by molar-refractivity contribution is 5.92. The number of fused-ring (bicyclic) bond motifs is 4. The second kappa shape index (κ2) is 39.2. The van der Waals surface area contributed by atoms with Crippen molar-refractivity contribution in [2.75, 3.05) is 112 Å². The van der Waals surface area contributed by atoms with Crippen molar-refractivity contribution in [2.24, 2.45) is 5.73 Å². The minimum absolute atomic E-state index is 0.372. The summed E-state index contributed by atoms with van der Waals surface area (Å²) < 4.78 is 88.3. The molecule has 0 radical (unpaired) electrons. The molecule has 0 spiro atoms. The Kier molecular flexibility index (Phi) is 28.9. The zero-order chi connectivity index (χ0) is 78.1. The van der Waals surface area contributed by atoms with Gasteiger partial charge in [0.2, 0.25) is 23.0 Å². The van der Waals surface area contributed by atoms with Crippen LogP contribution in [0.1, 0.15) is 83.6 Å². The van der Waals surface area contributed by atoms with Crippen molar-refractivity contribution < 1.29 is 80.5 Å².